The van der Waals surface area contributed by atoms with Crippen molar-refractivity contribution in [1.29, 1.82) is 0 Å². The molecular formula is C13H14F3N3S. The van der Waals surface area contributed by atoms with Crippen molar-refractivity contribution in [2.24, 2.45) is 5.73 Å². The molecule has 2 aromatic rings. The van der Waals surface area contributed by atoms with Crippen LogP contribution in [-0.4, -0.2) is 12.0 Å². The Morgan fingerprint density at radius 2 is 2.05 bits per heavy atom. The quantitative estimate of drug-likeness (QED) is 0.942. The van der Waals surface area contributed by atoms with Crippen LogP contribution in [0.15, 0.2) is 29.6 Å². The van der Waals surface area contributed by atoms with Crippen molar-refractivity contribution < 1.29 is 13.2 Å². The molecule has 0 saturated heterocycles. The fourth-order valence-corrected chi connectivity index (χ4v) is 2.59. The fraction of sp³-hybridized carbons (Fsp3) is 0.308. The van der Waals surface area contributed by atoms with Crippen LogP contribution in [0.3, 0.4) is 0 Å². The average molecular weight is 301 g/mol. The Morgan fingerprint density at radius 1 is 1.30 bits per heavy atom. The van der Waals surface area contributed by atoms with E-state index in [0.717, 1.165) is 10.9 Å². The summed E-state index contributed by atoms with van der Waals surface area (Å²) >= 11 is 1.55. The normalized spacial score (nSPS) is 11.7. The van der Waals surface area contributed by atoms with Gasteiger partial charge in [0.15, 0.2) is 0 Å². The van der Waals surface area contributed by atoms with Crippen molar-refractivity contribution in [3.8, 4) is 0 Å². The number of anilines is 1. The molecule has 20 heavy (non-hydrogen) atoms. The Kier molecular flexibility index (Phi) is 4.29. The van der Waals surface area contributed by atoms with Crippen LogP contribution in [0, 0.1) is 0 Å². The lowest BCUT2D eigenvalue weighted by Crippen LogP contribution is -2.22. The fourth-order valence-electron chi connectivity index (χ4n) is 1.84. The van der Waals surface area contributed by atoms with Gasteiger partial charge in [0.2, 0.25) is 0 Å². The van der Waals surface area contributed by atoms with Crippen molar-refractivity contribution in [3.05, 3.63) is 45.8 Å². The van der Waals surface area contributed by atoms with Gasteiger partial charge in [-0.15, -0.1) is 11.3 Å². The average Bonchev–Trinajstić information content (AvgIpc) is 2.89. The zero-order valence-electron chi connectivity index (χ0n) is 10.8. The summed E-state index contributed by atoms with van der Waals surface area (Å²) in [7, 11) is 1.71. The van der Waals surface area contributed by atoms with Gasteiger partial charge in [-0.25, -0.2) is 4.98 Å². The first-order valence-corrected chi connectivity index (χ1v) is 6.80. The largest absolute Gasteiger partial charge is 0.433 e. The Balaban J connectivity index is 2.32. The van der Waals surface area contributed by atoms with Crippen LogP contribution in [0.4, 0.5) is 19.0 Å². The van der Waals surface area contributed by atoms with Gasteiger partial charge in [-0.2, -0.15) is 13.2 Å². The molecule has 0 aliphatic rings. The highest BCUT2D eigenvalue weighted by Gasteiger charge is 2.33. The van der Waals surface area contributed by atoms with Crippen molar-refractivity contribution in [1.82, 2.24) is 4.98 Å². The van der Waals surface area contributed by atoms with Gasteiger partial charge in [0, 0.05) is 24.0 Å². The second-order valence-electron chi connectivity index (χ2n) is 4.32. The van der Waals surface area contributed by atoms with E-state index in [1.165, 1.54) is 6.07 Å². The number of aromatic nitrogens is 1. The molecule has 0 atom stereocenters. The third-order valence-electron chi connectivity index (χ3n) is 2.80. The number of pyridine rings is 1. The van der Waals surface area contributed by atoms with Crippen molar-refractivity contribution in [2.75, 3.05) is 11.9 Å². The van der Waals surface area contributed by atoms with E-state index in [9.17, 15) is 13.2 Å². The van der Waals surface area contributed by atoms with Gasteiger partial charge in [-0.05, 0) is 17.5 Å². The minimum Gasteiger partial charge on any atom is -0.354 e. The van der Waals surface area contributed by atoms with E-state index in [-0.39, 0.29) is 12.4 Å². The second-order valence-corrected chi connectivity index (χ2v) is 5.35. The molecule has 0 aromatic carbocycles. The van der Waals surface area contributed by atoms with Gasteiger partial charge in [0.1, 0.15) is 11.5 Å². The van der Waals surface area contributed by atoms with Crippen molar-refractivity contribution >= 4 is 17.2 Å². The summed E-state index contributed by atoms with van der Waals surface area (Å²) in [5.74, 6) is 0.274. The number of thiophene rings is 1. The predicted octanol–water partition coefficient (Wildman–Crippen LogP) is 3.26. The molecule has 0 bridgehead atoms. The first-order chi connectivity index (χ1) is 9.41. The molecule has 2 rings (SSSR count). The summed E-state index contributed by atoms with van der Waals surface area (Å²) in [4.78, 5) is 6.46. The molecule has 0 saturated carbocycles. The maximum atomic E-state index is 12.7. The molecule has 108 valence electrons. The minimum absolute atomic E-state index is 0.148. The predicted molar refractivity (Wildman–Crippen MR) is 73.6 cm³/mol. The molecule has 0 spiro atoms. The Hall–Kier alpha value is -1.60. The summed E-state index contributed by atoms with van der Waals surface area (Å²) in [6.45, 7) is 0.647. The van der Waals surface area contributed by atoms with E-state index in [4.69, 9.17) is 5.73 Å². The van der Waals surface area contributed by atoms with Crippen molar-refractivity contribution in [2.45, 2.75) is 19.3 Å². The number of hydrogen-bond donors (Lipinski definition) is 1. The van der Waals surface area contributed by atoms with Crippen LogP contribution in [0.2, 0.25) is 0 Å². The number of rotatable bonds is 4. The van der Waals surface area contributed by atoms with E-state index in [1.54, 1.807) is 23.3 Å². The molecule has 2 aromatic heterocycles. The molecule has 7 heteroatoms. The monoisotopic (exact) mass is 301 g/mol. The third kappa shape index (κ3) is 3.29. The lowest BCUT2D eigenvalue weighted by molar-refractivity contribution is -0.141. The smallest absolute Gasteiger partial charge is 0.354 e. The molecule has 0 aliphatic heterocycles. The van der Waals surface area contributed by atoms with E-state index in [1.807, 2.05) is 17.5 Å². The molecule has 0 unspecified atom stereocenters. The van der Waals surface area contributed by atoms with Crippen LogP contribution in [-0.2, 0) is 19.3 Å². The molecule has 0 radical (unpaired) electrons. The van der Waals surface area contributed by atoms with Gasteiger partial charge in [-0.3, -0.25) is 0 Å². The van der Waals surface area contributed by atoms with Gasteiger partial charge in [0.25, 0.3) is 0 Å². The Labute approximate surface area is 118 Å². The standard InChI is InChI=1S/C13H14F3N3S/c1-19(8-10-3-2-6-20-10)12-9(7-17)4-5-11(18-12)13(14,15)16/h2-6H,7-8,17H2,1H3. The zero-order valence-corrected chi connectivity index (χ0v) is 11.6. The first kappa shape index (κ1) is 14.8. The van der Waals surface area contributed by atoms with Gasteiger partial charge >= 0.3 is 6.18 Å². The SMILES string of the molecule is CN(Cc1cccs1)c1nc(C(F)(F)F)ccc1CN. The first-order valence-electron chi connectivity index (χ1n) is 5.92. The summed E-state index contributed by atoms with van der Waals surface area (Å²) in [6.07, 6.45) is -4.45. The van der Waals surface area contributed by atoms with Crippen LogP contribution < -0.4 is 10.6 Å². The summed E-state index contributed by atoms with van der Waals surface area (Å²) in [5.41, 5.74) is 5.27. The summed E-state index contributed by atoms with van der Waals surface area (Å²) < 4.78 is 38.2. The lowest BCUT2D eigenvalue weighted by Gasteiger charge is -2.21. The van der Waals surface area contributed by atoms with Gasteiger partial charge < -0.3 is 10.6 Å². The lowest BCUT2D eigenvalue weighted by atomic mass is 10.2. The molecule has 0 amide bonds. The van der Waals surface area contributed by atoms with E-state index < -0.39 is 11.9 Å². The number of nitrogens with zero attached hydrogens (tertiary/aromatic N) is 2. The highest BCUT2D eigenvalue weighted by molar-refractivity contribution is 7.09. The van der Waals surface area contributed by atoms with Gasteiger partial charge in [0.05, 0.1) is 6.54 Å². The molecule has 0 fully saturated rings. The van der Waals surface area contributed by atoms with Crippen LogP contribution in [0.25, 0.3) is 0 Å². The number of halogens is 3. The van der Waals surface area contributed by atoms with E-state index >= 15 is 0 Å². The summed E-state index contributed by atoms with van der Waals surface area (Å²) in [5, 5.41) is 1.92. The second kappa shape index (κ2) is 5.80. The van der Waals surface area contributed by atoms with E-state index in [2.05, 4.69) is 4.98 Å². The molecule has 2 heterocycles. The molecule has 0 aliphatic carbocycles. The topological polar surface area (TPSA) is 42.2 Å². The number of nitrogens with two attached hydrogens (primary N) is 1. The Morgan fingerprint density at radius 3 is 2.60 bits per heavy atom. The molecule has 3 nitrogen and oxygen atoms in total. The van der Waals surface area contributed by atoms with Gasteiger partial charge in [-0.1, -0.05) is 12.1 Å². The number of alkyl halides is 3. The van der Waals surface area contributed by atoms with E-state index in [0.29, 0.717) is 12.1 Å². The summed E-state index contributed by atoms with van der Waals surface area (Å²) in [6, 6.07) is 6.18. The van der Waals surface area contributed by atoms with Crippen molar-refractivity contribution in [3.63, 3.8) is 0 Å². The van der Waals surface area contributed by atoms with Crippen LogP contribution >= 0.6 is 11.3 Å². The Bertz CT molecular complexity index is 567. The minimum atomic E-state index is -4.45. The number of hydrogen-bond acceptors (Lipinski definition) is 4. The third-order valence-corrected chi connectivity index (χ3v) is 3.66. The highest BCUT2D eigenvalue weighted by atomic mass is 32.1. The maximum absolute atomic E-state index is 12.7. The molecule has 2 N–H and O–H groups in total. The maximum Gasteiger partial charge on any atom is 0.433 e. The van der Waals surface area contributed by atoms with Crippen LogP contribution in [0.1, 0.15) is 16.1 Å². The highest BCUT2D eigenvalue weighted by Crippen LogP contribution is 2.30. The zero-order chi connectivity index (χ0) is 14.8. The molecular weight excluding hydrogens is 287 g/mol. The van der Waals surface area contributed by atoms with Crippen LogP contribution in [0.5, 0.6) is 0 Å².